The summed E-state index contributed by atoms with van der Waals surface area (Å²) in [4.78, 5) is 57.6. The Labute approximate surface area is 203 Å². The summed E-state index contributed by atoms with van der Waals surface area (Å²) in [6, 6.07) is 8.68. The number of rotatable bonds is 11. The van der Waals surface area contributed by atoms with Crippen molar-refractivity contribution in [2.45, 2.75) is 37.9 Å². The van der Waals surface area contributed by atoms with Gasteiger partial charge in [0.15, 0.2) is 12.3 Å². The van der Waals surface area contributed by atoms with Crippen LogP contribution in [0.2, 0.25) is 0 Å². The number of esters is 1. The molecule has 198 valence electrons. The largest absolute Gasteiger partial charge is 0.481 e. The van der Waals surface area contributed by atoms with Gasteiger partial charge in [-0.1, -0.05) is 25.1 Å². The number of benzene rings is 1. The van der Waals surface area contributed by atoms with Gasteiger partial charge in [-0.15, -0.1) is 0 Å². The molecule has 2 heterocycles. The Kier molecular flexibility index (Phi) is 9.17. The molecule has 1 saturated heterocycles. The van der Waals surface area contributed by atoms with Crippen LogP contribution in [0.15, 0.2) is 52.2 Å². The van der Waals surface area contributed by atoms with Crippen LogP contribution in [0.5, 0.6) is 0 Å². The van der Waals surface area contributed by atoms with Crippen LogP contribution < -0.4 is 11.2 Å². The summed E-state index contributed by atoms with van der Waals surface area (Å²) in [5.41, 5.74) is -1.55. The molecule has 0 radical (unpaired) electrons. The lowest BCUT2D eigenvalue weighted by Crippen LogP contribution is -2.40. The van der Waals surface area contributed by atoms with Gasteiger partial charge in [-0.25, -0.2) is 18.7 Å². The molecule has 0 saturated carbocycles. The maximum atomic E-state index is 12.6. The van der Waals surface area contributed by atoms with Crippen molar-refractivity contribution >= 4 is 21.6 Å². The normalized spacial score (nSPS) is 25.1. The molecule has 1 fully saturated rings. The molecule has 0 bridgehead atoms. The first-order valence-electron chi connectivity index (χ1n) is 10.5. The number of aromatic nitrogens is 2. The van der Waals surface area contributed by atoms with Crippen molar-refractivity contribution in [3.05, 3.63) is 69.0 Å². The predicted octanol–water partition coefficient (Wildman–Crippen LogP) is 0.681. The smallest absolute Gasteiger partial charge is 0.451 e. The summed E-state index contributed by atoms with van der Waals surface area (Å²) in [5, 5.41) is 10.8. The zero-order valence-corrected chi connectivity index (χ0v) is 20.5. The molecule has 0 aliphatic carbocycles. The molecule has 4 N–H and O–H groups in total. The average Bonchev–Trinajstić information content (AvgIpc) is 3.11. The monoisotopic (exact) mass is 550 g/mol. The van der Waals surface area contributed by atoms with E-state index < -0.39 is 64.0 Å². The summed E-state index contributed by atoms with van der Waals surface area (Å²) in [6.45, 7) is 0.498. The molecule has 6 unspecified atom stereocenters. The van der Waals surface area contributed by atoms with Gasteiger partial charge in [-0.2, -0.15) is 4.31 Å². The zero-order valence-electron chi connectivity index (χ0n) is 18.7. The topological polar surface area (TPSA) is 213 Å². The number of aliphatic hydroxyl groups is 1. The fraction of sp³-hybridized carbons (Fsp3) is 0.421. The Bertz CT molecular complexity index is 1260. The van der Waals surface area contributed by atoms with E-state index in [2.05, 4.69) is 13.4 Å². The number of aromatic amines is 1. The molecule has 1 aromatic heterocycles. The van der Waals surface area contributed by atoms with E-state index in [1.807, 2.05) is 4.98 Å². The number of carbonyl (C=O) groups excluding carboxylic acids is 1. The minimum absolute atomic E-state index is 0.121. The molecule has 3 rings (SSSR count). The summed E-state index contributed by atoms with van der Waals surface area (Å²) in [6.07, 6.45) is -4.86. The highest BCUT2D eigenvalue weighted by molar-refractivity contribution is 7.61. The molecule has 1 aliphatic heterocycles. The van der Waals surface area contributed by atoms with Crippen LogP contribution in [-0.4, -0.2) is 61.9 Å². The van der Waals surface area contributed by atoms with Gasteiger partial charge < -0.3 is 24.4 Å². The molecule has 0 spiro atoms. The standard InChI is InChI=1S/C19H24N2O13P2/c1-2-10-30-35(26,27)34-36(28,29)31-11-13-15(23)16(33-18(24)12-6-4-3-5-7-12)17(32-13)21-9-8-14(22)20-19(21)25/h3-9,13,15-17,23H,2,10-11H2,1H3,(H,26,27)(H,28,29)(H,20,22,25). The molecule has 17 heteroatoms. The Balaban J connectivity index is 1.79. The minimum Gasteiger partial charge on any atom is -0.451 e. The second kappa shape index (κ2) is 11.7. The minimum atomic E-state index is -5.19. The molecule has 36 heavy (non-hydrogen) atoms. The fourth-order valence-electron chi connectivity index (χ4n) is 3.15. The van der Waals surface area contributed by atoms with Crippen LogP contribution in [0.1, 0.15) is 29.9 Å². The van der Waals surface area contributed by atoms with Crippen LogP contribution in [0.25, 0.3) is 0 Å². The van der Waals surface area contributed by atoms with Gasteiger partial charge in [-0.05, 0) is 18.6 Å². The highest BCUT2D eigenvalue weighted by Crippen LogP contribution is 2.60. The average molecular weight is 550 g/mol. The van der Waals surface area contributed by atoms with Crippen LogP contribution in [0.4, 0.5) is 0 Å². The Morgan fingerprint density at radius 2 is 1.78 bits per heavy atom. The second-order valence-corrected chi connectivity index (χ2v) is 10.5. The molecule has 1 aromatic carbocycles. The van der Waals surface area contributed by atoms with Crippen LogP contribution in [0, 0.1) is 0 Å². The number of hydrogen-bond donors (Lipinski definition) is 4. The third kappa shape index (κ3) is 7.29. The summed E-state index contributed by atoms with van der Waals surface area (Å²) in [7, 11) is -10.1. The molecule has 6 atom stereocenters. The molecule has 15 nitrogen and oxygen atoms in total. The first-order valence-corrected chi connectivity index (χ1v) is 13.5. The first kappa shape index (κ1) is 28.1. The number of nitrogens with one attached hydrogen (secondary N) is 1. The zero-order chi connectivity index (χ0) is 26.5. The number of H-pyrrole nitrogens is 1. The van der Waals surface area contributed by atoms with Gasteiger partial charge >= 0.3 is 27.3 Å². The van der Waals surface area contributed by atoms with Gasteiger partial charge in [0.05, 0.1) is 18.8 Å². The number of phosphoric ester groups is 2. The maximum Gasteiger partial charge on any atom is 0.481 e. The van der Waals surface area contributed by atoms with Gasteiger partial charge in [-0.3, -0.25) is 23.4 Å². The van der Waals surface area contributed by atoms with Crippen molar-refractivity contribution in [3.63, 3.8) is 0 Å². The summed E-state index contributed by atoms with van der Waals surface area (Å²) >= 11 is 0. The Morgan fingerprint density at radius 3 is 2.42 bits per heavy atom. The number of ether oxygens (including phenoxy) is 2. The van der Waals surface area contributed by atoms with Gasteiger partial charge in [0.1, 0.15) is 12.2 Å². The van der Waals surface area contributed by atoms with E-state index in [1.165, 1.54) is 12.1 Å². The van der Waals surface area contributed by atoms with Crippen LogP contribution in [0.3, 0.4) is 0 Å². The highest BCUT2D eigenvalue weighted by Gasteiger charge is 2.49. The molecule has 2 aromatic rings. The van der Waals surface area contributed by atoms with Gasteiger partial charge in [0, 0.05) is 12.3 Å². The van der Waals surface area contributed by atoms with Gasteiger partial charge in [0.2, 0.25) is 0 Å². The van der Waals surface area contributed by atoms with Crippen molar-refractivity contribution < 1.29 is 51.6 Å². The van der Waals surface area contributed by atoms with Crippen LogP contribution in [-0.2, 0) is 32.0 Å². The Hall–Kier alpha value is -2.45. The van der Waals surface area contributed by atoms with Crippen molar-refractivity contribution in [1.29, 1.82) is 0 Å². The SMILES string of the molecule is CCCOP(=O)(O)OP(=O)(O)OCC1OC(n2ccc(=O)[nH]c2=O)C(OC(=O)c2ccccc2)C1O. The summed E-state index contributed by atoms with van der Waals surface area (Å²) < 4.78 is 49.0. The van der Waals surface area contributed by atoms with Gasteiger partial charge in [0.25, 0.3) is 5.56 Å². The molecular formula is C19H24N2O13P2. The summed E-state index contributed by atoms with van der Waals surface area (Å²) in [5.74, 6) is -0.877. The van der Waals surface area contributed by atoms with Crippen molar-refractivity contribution in [1.82, 2.24) is 9.55 Å². The van der Waals surface area contributed by atoms with Crippen molar-refractivity contribution in [2.75, 3.05) is 13.2 Å². The third-order valence-corrected chi connectivity index (χ3v) is 7.39. The highest BCUT2D eigenvalue weighted by atomic mass is 31.3. The number of hydrogen-bond acceptors (Lipinski definition) is 11. The Morgan fingerprint density at radius 1 is 1.11 bits per heavy atom. The lowest BCUT2D eigenvalue weighted by Gasteiger charge is -2.22. The predicted molar refractivity (Wildman–Crippen MR) is 120 cm³/mol. The van der Waals surface area contributed by atoms with E-state index in [0.29, 0.717) is 6.42 Å². The van der Waals surface area contributed by atoms with E-state index in [0.717, 1.165) is 16.8 Å². The third-order valence-electron chi connectivity index (χ3n) is 4.76. The fourth-order valence-corrected chi connectivity index (χ4v) is 5.32. The lowest BCUT2D eigenvalue weighted by atomic mass is 10.1. The number of nitrogens with zero attached hydrogens (tertiary/aromatic N) is 1. The number of aliphatic hydroxyl groups excluding tert-OH is 1. The molecular weight excluding hydrogens is 526 g/mol. The molecule has 1 aliphatic rings. The lowest BCUT2D eigenvalue weighted by molar-refractivity contribution is -0.0597. The van der Waals surface area contributed by atoms with E-state index in [9.17, 15) is 38.4 Å². The molecule has 0 amide bonds. The van der Waals surface area contributed by atoms with Crippen LogP contribution >= 0.6 is 15.6 Å². The quantitative estimate of drug-likeness (QED) is 0.224. The van der Waals surface area contributed by atoms with E-state index >= 15 is 0 Å². The first-order chi connectivity index (χ1) is 16.9. The van der Waals surface area contributed by atoms with E-state index in [4.69, 9.17) is 9.47 Å². The van der Waals surface area contributed by atoms with Crippen molar-refractivity contribution in [2.24, 2.45) is 0 Å². The van der Waals surface area contributed by atoms with E-state index in [-0.39, 0.29) is 12.2 Å². The number of phosphoric acid groups is 2. The van der Waals surface area contributed by atoms with E-state index in [1.54, 1.807) is 25.1 Å². The second-order valence-electron chi connectivity index (χ2n) is 7.46. The maximum absolute atomic E-state index is 12.6. The number of carbonyl (C=O) groups is 1. The van der Waals surface area contributed by atoms with Crippen molar-refractivity contribution in [3.8, 4) is 0 Å².